The molecule has 0 amide bonds. The first-order valence-electron chi connectivity index (χ1n) is 6.83. The normalized spacial score (nSPS) is 23.8. The van der Waals surface area contributed by atoms with E-state index in [2.05, 4.69) is 54.9 Å². The Kier molecular flexibility index (Phi) is 2.64. The maximum atomic E-state index is 6.60. The van der Waals surface area contributed by atoms with Crippen LogP contribution in [0.4, 0.5) is 17.1 Å². The molecule has 1 aliphatic heterocycles. The molecule has 1 aromatic heterocycles. The highest BCUT2D eigenvalue weighted by atomic mass is 15.7. The second-order valence-corrected chi connectivity index (χ2v) is 6.06. The van der Waals surface area contributed by atoms with Crippen molar-refractivity contribution in [2.75, 3.05) is 11.9 Å². The van der Waals surface area contributed by atoms with Gasteiger partial charge in [-0.05, 0) is 24.6 Å². The number of hydrogen-bond donors (Lipinski definition) is 1. The van der Waals surface area contributed by atoms with Crippen molar-refractivity contribution < 1.29 is 0 Å². The first-order valence-corrected chi connectivity index (χ1v) is 6.83. The molecule has 104 valence electrons. The van der Waals surface area contributed by atoms with Gasteiger partial charge in [0.05, 0.1) is 18.9 Å². The summed E-state index contributed by atoms with van der Waals surface area (Å²) in [4.78, 5) is 6.56. The average Bonchev–Trinajstić information content (AvgIpc) is 2.56. The second kappa shape index (κ2) is 4.04. The third-order valence-corrected chi connectivity index (χ3v) is 4.56. The number of para-hydroxylation sites is 1. The molecule has 0 fully saturated rings. The minimum absolute atomic E-state index is 0.280. The van der Waals surface area contributed by atoms with Gasteiger partial charge >= 0.3 is 0 Å². The summed E-state index contributed by atoms with van der Waals surface area (Å²) in [6.45, 7) is 6.46. The molecule has 4 nitrogen and oxygen atoms in total. The summed E-state index contributed by atoms with van der Waals surface area (Å²) >= 11 is 0. The highest BCUT2D eigenvalue weighted by Crippen LogP contribution is 2.50. The van der Waals surface area contributed by atoms with Crippen LogP contribution in [0.25, 0.3) is 0 Å². The molecule has 0 spiro atoms. The van der Waals surface area contributed by atoms with E-state index in [9.17, 15) is 0 Å². The summed E-state index contributed by atoms with van der Waals surface area (Å²) in [5.74, 6) is 6.60. The third-order valence-electron chi connectivity index (χ3n) is 4.56. The number of quaternary nitrogens is 1. The first kappa shape index (κ1) is 13.1. The number of nitrogens with two attached hydrogens (primary N) is 1. The fraction of sp³-hybridized carbons (Fsp3) is 0.312. The van der Waals surface area contributed by atoms with E-state index < -0.39 is 0 Å². The van der Waals surface area contributed by atoms with Crippen LogP contribution in [-0.4, -0.2) is 17.7 Å². The van der Waals surface area contributed by atoms with Crippen LogP contribution < -0.4 is 15.3 Å². The minimum atomic E-state index is -0.280. The van der Waals surface area contributed by atoms with Gasteiger partial charge in [0.1, 0.15) is 5.69 Å². The fourth-order valence-electron chi connectivity index (χ4n) is 2.96. The highest BCUT2D eigenvalue weighted by molar-refractivity contribution is 5.82. The standard InChI is InChI=1S/C16H21N4/c1-12-7-5-6-8-13(12)19-14-9-10-18-11-15(14)20(4,17)16(19,2)3/h5-11H,17H2,1-4H3/q+1. The van der Waals surface area contributed by atoms with E-state index in [4.69, 9.17) is 5.84 Å². The first-order chi connectivity index (χ1) is 9.37. The molecule has 1 aromatic carbocycles. The molecule has 0 radical (unpaired) electrons. The highest BCUT2D eigenvalue weighted by Gasteiger charge is 2.54. The number of aryl methyl sites for hydroxylation is 1. The summed E-state index contributed by atoms with van der Waals surface area (Å²) in [6.07, 6.45) is 3.70. The molecule has 3 rings (SSSR count). The predicted molar refractivity (Wildman–Crippen MR) is 83.5 cm³/mol. The van der Waals surface area contributed by atoms with Crippen molar-refractivity contribution >= 4 is 17.1 Å². The number of nitrogens with zero attached hydrogens (tertiary/aromatic N) is 3. The Hall–Kier alpha value is -1.91. The largest absolute Gasteiger partial charge is 0.282 e. The van der Waals surface area contributed by atoms with Crippen molar-refractivity contribution in [1.29, 1.82) is 0 Å². The second-order valence-electron chi connectivity index (χ2n) is 6.06. The lowest BCUT2D eigenvalue weighted by atomic mass is 10.1. The van der Waals surface area contributed by atoms with Crippen LogP contribution in [0.3, 0.4) is 0 Å². The summed E-state index contributed by atoms with van der Waals surface area (Å²) in [5, 5.41) is 0. The van der Waals surface area contributed by atoms with E-state index in [1.54, 1.807) is 0 Å². The van der Waals surface area contributed by atoms with Crippen LogP contribution >= 0.6 is 0 Å². The van der Waals surface area contributed by atoms with E-state index in [1.165, 1.54) is 11.3 Å². The topological polar surface area (TPSA) is 42.2 Å². The lowest BCUT2D eigenvalue weighted by Gasteiger charge is -2.41. The molecule has 2 N–H and O–H groups in total. The van der Waals surface area contributed by atoms with Gasteiger partial charge in [0.2, 0.25) is 0 Å². The number of anilines is 2. The van der Waals surface area contributed by atoms with Gasteiger partial charge in [0, 0.05) is 20.0 Å². The molecule has 2 aromatic rings. The Bertz CT molecular complexity index is 661. The quantitative estimate of drug-likeness (QED) is 0.639. The van der Waals surface area contributed by atoms with Crippen LogP contribution in [0, 0.1) is 6.92 Å². The van der Waals surface area contributed by atoms with Crippen LogP contribution in [0.5, 0.6) is 0 Å². The lowest BCUT2D eigenvalue weighted by molar-refractivity contribution is 0.187. The number of fused-ring (bicyclic) bond motifs is 1. The number of pyridine rings is 1. The smallest absolute Gasteiger partial charge is 0.196 e. The van der Waals surface area contributed by atoms with Crippen LogP contribution in [0.15, 0.2) is 42.7 Å². The van der Waals surface area contributed by atoms with Gasteiger partial charge in [-0.15, -0.1) is 0 Å². The van der Waals surface area contributed by atoms with Crippen LogP contribution in [0.2, 0.25) is 0 Å². The SMILES string of the molecule is Cc1ccccc1N1c2ccncc2[N+](C)(N)C1(C)C. The minimum Gasteiger partial charge on any atom is -0.282 e. The van der Waals surface area contributed by atoms with E-state index in [0.29, 0.717) is 4.59 Å². The fourth-order valence-corrected chi connectivity index (χ4v) is 2.96. The summed E-state index contributed by atoms with van der Waals surface area (Å²) in [5.41, 5.74) is 4.32. The number of benzene rings is 1. The van der Waals surface area contributed by atoms with Crippen molar-refractivity contribution in [2.24, 2.45) is 5.84 Å². The molecular formula is C16H21N4+. The Morgan fingerprint density at radius 3 is 2.55 bits per heavy atom. The molecule has 0 aliphatic carbocycles. The molecule has 1 aliphatic rings. The van der Waals surface area contributed by atoms with Gasteiger partial charge in [0.15, 0.2) is 11.4 Å². The Morgan fingerprint density at radius 2 is 1.85 bits per heavy atom. The Labute approximate surface area is 120 Å². The van der Waals surface area contributed by atoms with Crippen molar-refractivity contribution in [1.82, 2.24) is 9.58 Å². The van der Waals surface area contributed by atoms with E-state index in [1.807, 2.05) is 25.5 Å². The Balaban J connectivity index is 2.29. The molecule has 1 atom stereocenters. The zero-order valence-corrected chi connectivity index (χ0v) is 12.5. The van der Waals surface area contributed by atoms with Crippen molar-refractivity contribution in [2.45, 2.75) is 26.4 Å². The molecule has 20 heavy (non-hydrogen) atoms. The molecule has 0 saturated heterocycles. The van der Waals surface area contributed by atoms with Crippen LogP contribution in [-0.2, 0) is 0 Å². The van der Waals surface area contributed by atoms with Crippen molar-refractivity contribution in [3.63, 3.8) is 0 Å². The van der Waals surface area contributed by atoms with Crippen molar-refractivity contribution in [3.05, 3.63) is 48.3 Å². The molecule has 0 bridgehead atoms. The molecular weight excluding hydrogens is 248 g/mol. The summed E-state index contributed by atoms with van der Waals surface area (Å²) in [6, 6.07) is 10.4. The van der Waals surface area contributed by atoms with E-state index >= 15 is 0 Å². The number of hydrogen-bond acceptors (Lipinski definition) is 3. The van der Waals surface area contributed by atoms with Gasteiger partial charge in [-0.25, -0.2) is 0 Å². The summed E-state index contributed by atoms with van der Waals surface area (Å²) < 4.78 is 0.296. The molecule has 0 saturated carbocycles. The monoisotopic (exact) mass is 269 g/mol. The predicted octanol–water partition coefficient (Wildman–Crippen LogP) is 3.09. The third kappa shape index (κ3) is 1.52. The van der Waals surface area contributed by atoms with Gasteiger partial charge < -0.3 is 0 Å². The van der Waals surface area contributed by atoms with E-state index in [-0.39, 0.29) is 5.66 Å². The lowest BCUT2D eigenvalue weighted by Crippen LogP contribution is -2.67. The maximum Gasteiger partial charge on any atom is 0.196 e. The van der Waals surface area contributed by atoms with Gasteiger partial charge in [-0.2, -0.15) is 10.4 Å². The van der Waals surface area contributed by atoms with Gasteiger partial charge in [-0.3, -0.25) is 9.88 Å². The average molecular weight is 269 g/mol. The zero-order valence-electron chi connectivity index (χ0n) is 12.5. The molecule has 1 unspecified atom stereocenters. The number of aromatic nitrogens is 1. The summed E-state index contributed by atoms with van der Waals surface area (Å²) in [7, 11) is 2.03. The maximum absolute atomic E-state index is 6.60. The van der Waals surface area contributed by atoms with Crippen LogP contribution in [0.1, 0.15) is 19.4 Å². The molecule has 2 heterocycles. The Morgan fingerprint density at radius 1 is 1.15 bits per heavy atom. The van der Waals surface area contributed by atoms with Gasteiger partial charge in [0.25, 0.3) is 0 Å². The number of rotatable bonds is 1. The zero-order chi connectivity index (χ0) is 14.5. The molecule has 4 heteroatoms. The van der Waals surface area contributed by atoms with Crippen molar-refractivity contribution in [3.8, 4) is 0 Å². The van der Waals surface area contributed by atoms with Gasteiger partial charge in [-0.1, -0.05) is 18.2 Å². The van der Waals surface area contributed by atoms with E-state index in [0.717, 1.165) is 11.4 Å².